The number of ether oxygens (including phenoxy) is 2. The maximum absolute atomic E-state index is 6.02. The van der Waals surface area contributed by atoms with Gasteiger partial charge in [-0.2, -0.15) is 0 Å². The zero-order valence-corrected chi connectivity index (χ0v) is 13.7. The standard InChI is InChI=1S/C13H13BrClNO2S/c1-17-8-3-4-12(18-2)11(5-8)16-7-9-6-10(14)13(15)19-9/h3-6,16H,7H2,1-2H3. The van der Waals surface area contributed by atoms with Gasteiger partial charge in [0.25, 0.3) is 0 Å². The van der Waals surface area contributed by atoms with Gasteiger partial charge in [-0.3, -0.25) is 0 Å². The Balaban J connectivity index is 2.13. The molecule has 0 radical (unpaired) electrons. The van der Waals surface area contributed by atoms with Crippen LogP contribution < -0.4 is 14.8 Å². The molecule has 1 N–H and O–H groups in total. The van der Waals surface area contributed by atoms with Crippen molar-refractivity contribution >= 4 is 44.6 Å². The fourth-order valence-electron chi connectivity index (χ4n) is 1.61. The average Bonchev–Trinajstić information content (AvgIpc) is 2.75. The number of halogens is 2. The zero-order chi connectivity index (χ0) is 13.8. The monoisotopic (exact) mass is 361 g/mol. The van der Waals surface area contributed by atoms with Crippen molar-refractivity contribution in [2.45, 2.75) is 6.54 Å². The summed E-state index contributed by atoms with van der Waals surface area (Å²) in [6.07, 6.45) is 0. The van der Waals surface area contributed by atoms with Crippen LogP contribution in [0.15, 0.2) is 28.7 Å². The second-order valence-electron chi connectivity index (χ2n) is 3.75. The lowest BCUT2D eigenvalue weighted by atomic mass is 10.2. The van der Waals surface area contributed by atoms with E-state index in [1.54, 1.807) is 25.6 Å². The summed E-state index contributed by atoms with van der Waals surface area (Å²) in [6.45, 7) is 0.680. The van der Waals surface area contributed by atoms with Crippen molar-refractivity contribution in [2.24, 2.45) is 0 Å². The summed E-state index contributed by atoms with van der Waals surface area (Å²) in [5, 5.41) is 3.32. The summed E-state index contributed by atoms with van der Waals surface area (Å²) < 4.78 is 12.2. The molecular weight excluding hydrogens is 350 g/mol. The minimum absolute atomic E-state index is 0.680. The molecule has 1 aromatic heterocycles. The molecule has 1 aromatic carbocycles. The van der Waals surface area contributed by atoms with Crippen molar-refractivity contribution in [3.8, 4) is 11.5 Å². The normalized spacial score (nSPS) is 10.3. The lowest BCUT2D eigenvalue weighted by Crippen LogP contribution is -2.00. The van der Waals surface area contributed by atoms with Crippen LogP contribution in [-0.4, -0.2) is 14.2 Å². The Morgan fingerprint density at radius 3 is 2.63 bits per heavy atom. The number of benzene rings is 1. The predicted molar refractivity (Wildman–Crippen MR) is 83.9 cm³/mol. The first-order valence-electron chi connectivity index (χ1n) is 5.53. The van der Waals surface area contributed by atoms with Crippen LogP contribution in [-0.2, 0) is 6.54 Å². The maximum atomic E-state index is 6.02. The lowest BCUT2D eigenvalue weighted by molar-refractivity contribution is 0.404. The van der Waals surface area contributed by atoms with Gasteiger partial charge in [-0.05, 0) is 34.1 Å². The van der Waals surface area contributed by atoms with Crippen LogP contribution in [0.4, 0.5) is 5.69 Å². The second kappa shape index (κ2) is 6.50. The first-order valence-corrected chi connectivity index (χ1v) is 7.52. The van der Waals surface area contributed by atoms with Crippen LogP contribution in [0.25, 0.3) is 0 Å². The third kappa shape index (κ3) is 3.55. The van der Waals surface area contributed by atoms with E-state index in [-0.39, 0.29) is 0 Å². The Hall–Kier alpha value is -0.910. The average molecular weight is 363 g/mol. The summed E-state index contributed by atoms with van der Waals surface area (Å²) in [4.78, 5) is 1.14. The smallest absolute Gasteiger partial charge is 0.142 e. The molecule has 102 valence electrons. The number of rotatable bonds is 5. The van der Waals surface area contributed by atoms with Gasteiger partial charge in [-0.15, -0.1) is 11.3 Å². The van der Waals surface area contributed by atoms with Gasteiger partial charge in [0.05, 0.1) is 19.9 Å². The number of methoxy groups -OCH3 is 2. The van der Waals surface area contributed by atoms with Gasteiger partial charge in [-0.1, -0.05) is 11.6 Å². The van der Waals surface area contributed by atoms with E-state index in [4.69, 9.17) is 21.1 Å². The Labute approximate surface area is 129 Å². The lowest BCUT2D eigenvalue weighted by Gasteiger charge is -2.11. The molecule has 0 aliphatic carbocycles. The molecule has 1 heterocycles. The zero-order valence-electron chi connectivity index (χ0n) is 10.5. The topological polar surface area (TPSA) is 30.5 Å². The predicted octanol–water partition coefficient (Wildman–Crippen LogP) is 4.79. The Morgan fingerprint density at radius 1 is 1.26 bits per heavy atom. The fraction of sp³-hybridized carbons (Fsp3) is 0.231. The summed E-state index contributed by atoms with van der Waals surface area (Å²) in [6, 6.07) is 7.65. The number of hydrogen-bond donors (Lipinski definition) is 1. The van der Waals surface area contributed by atoms with Gasteiger partial charge in [0, 0.05) is 22.0 Å². The van der Waals surface area contributed by atoms with Crippen molar-refractivity contribution in [1.29, 1.82) is 0 Å². The largest absolute Gasteiger partial charge is 0.497 e. The van der Waals surface area contributed by atoms with Gasteiger partial charge in [-0.25, -0.2) is 0 Å². The summed E-state index contributed by atoms with van der Waals surface area (Å²) in [5.74, 6) is 1.57. The van der Waals surface area contributed by atoms with Crippen molar-refractivity contribution in [3.63, 3.8) is 0 Å². The molecule has 0 amide bonds. The summed E-state index contributed by atoms with van der Waals surface area (Å²) in [5.41, 5.74) is 0.891. The Morgan fingerprint density at radius 2 is 2.05 bits per heavy atom. The highest BCUT2D eigenvalue weighted by Crippen LogP contribution is 2.34. The number of thiophene rings is 1. The molecule has 2 rings (SSSR count). The molecule has 0 aliphatic heterocycles. The van der Waals surface area contributed by atoms with Crippen molar-refractivity contribution in [3.05, 3.63) is 38.0 Å². The molecule has 6 heteroatoms. The van der Waals surface area contributed by atoms with E-state index < -0.39 is 0 Å². The molecule has 0 spiro atoms. The highest BCUT2D eigenvalue weighted by Gasteiger charge is 2.07. The number of nitrogens with one attached hydrogen (secondary N) is 1. The number of hydrogen-bond acceptors (Lipinski definition) is 4. The third-order valence-electron chi connectivity index (χ3n) is 2.56. The number of anilines is 1. The van der Waals surface area contributed by atoms with Gasteiger partial charge < -0.3 is 14.8 Å². The van der Waals surface area contributed by atoms with Crippen LogP contribution >= 0.6 is 38.9 Å². The molecule has 0 atom stereocenters. The quantitative estimate of drug-likeness (QED) is 0.829. The maximum Gasteiger partial charge on any atom is 0.142 e. The van der Waals surface area contributed by atoms with Crippen molar-refractivity contribution < 1.29 is 9.47 Å². The molecule has 0 aliphatic rings. The van der Waals surface area contributed by atoms with Crippen LogP contribution in [0.5, 0.6) is 11.5 Å². The highest BCUT2D eigenvalue weighted by molar-refractivity contribution is 9.10. The first-order chi connectivity index (χ1) is 9.13. The van der Waals surface area contributed by atoms with Crippen LogP contribution in [0.2, 0.25) is 4.34 Å². The molecular formula is C13H13BrClNO2S. The fourth-order valence-corrected chi connectivity index (χ4v) is 3.34. The minimum atomic E-state index is 0.680. The van der Waals surface area contributed by atoms with Crippen LogP contribution in [0.3, 0.4) is 0 Å². The van der Waals surface area contributed by atoms with E-state index in [2.05, 4.69) is 21.2 Å². The van der Waals surface area contributed by atoms with E-state index in [9.17, 15) is 0 Å². The molecule has 0 saturated heterocycles. The Bertz CT molecular complexity index is 554. The third-order valence-corrected chi connectivity index (χ3v) is 5.03. The SMILES string of the molecule is COc1ccc(OC)c(NCc2cc(Br)c(Cl)s2)c1. The molecule has 0 bridgehead atoms. The second-order valence-corrected chi connectivity index (χ2v) is 6.35. The summed E-state index contributed by atoms with van der Waals surface area (Å²) in [7, 11) is 3.29. The molecule has 0 unspecified atom stereocenters. The molecule has 0 fully saturated rings. The first kappa shape index (κ1) is 14.5. The van der Waals surface area contributed by atoms with E-state index >= 15 is 0 Å². The van der Waals surface area contributed by atoms with E-state index in [1.165, 1.54) is 0 Å². The van der Waals surface area contributed by atoms with Gasteiger partial charge >= 0.3 is 0 Å². The molecule has 19 heavy (non-hydrogen) atoms. The van der Waals surface area contributed by atoms with Crippen LogP contribution in [0.1, 0.15) is 4.88 Å². The van der Waals surface area contributed by atoms with Gasteiger partial charge in [0.15, 0.2) is 0 Å². The van der Waals surface area contributed by atoms with Crippen molar-refractivity contribution in [2.75, 3.05) is 19.5 Å². The summed E-state index contributed by atoms with van der Waals surface area (Å²) >= 11 is 11.0. The Kier molecular flexibility index (Phi) is 4.96. The van der Waals surface area contributed by atoms with Gasteiger partial charge in [0.1, 0.15) is 15.8 Å². The van der Waals surface area contributed by atoms with E-state index in [0.29, 0.717) is 6.54 Å². The van der Waals surface area contributed by atoms with E-state index in [0.717, 1.165) is 30.9 Å². The van der Waals surface area contributed by atoms with E-state index in [1.807, 2.05) is 24.3 Å². The molecule has 3 nitrogen and oxygen atoms in total. The van der Waals surface area contributed by atoms with Crippen LogP contribution in [0, 0.1) is 0 Å². The van der Waals surface area contributed by atoms with Crippen molar-refractivity contribution in [1.82, 2.24) is 0 Å². The molecule has 2 aromatic rings. The highest BCUT2D eigenvalue weighted by atomic mass is 79.9. The van der Waals surface area contributed by atoms with Gasteiger partial charge in [0.2, 0.25) is 0 Å². The molecule has 0 saturated carbocycles. The minimum Gasteiger partial charge on any atom is -0.497 e.